The molecule has 4 heteroatoms. The minimum absolute atomic E-state index is 0.148. The van der Waals surface area contributed by atoms with Crippen LogP contribution in [0.1, 0.15) is 105 Å². The molecule has 0 amide bonds. The van der Waals surface area contributed by atoms with Gasteiger partial charge in [-0.2, -0.15) is 13.2 Å². The molecule has 0 aromatic rings. The van der Waals surface area contributed by atoms with Gasteiger partial charge in [-0.1, -0.05) is 65.5 Å². The minimum atomic E-state index is -4.54. The van der Waals surface area contributed by atoms with Crippen LogP contribution in [0.2, 0.25) is 0 Å². The van der Waals surface area contributed by atoms with Crippen LogP contribution in [0.15, 0.2) is 11.6 Å². The van der Waals surface area contributed by atoms with Crippen LogP contribution in [-0.2, 0) is 0 Å². The molecule has 0 saturated heterocycles. The van der Waals surface area contributed by atoms with E-state index in [1.807, 2.05) is 0 Å². The highest BCUT2D eigenvalue weighted by atomic mass is 19.4. The van der Waals surface area contributed by atoms with Crippen molar-refractivity contribution in [3.05, 3.63) is 11.6 Å². The van der Waals surface area contributed by atoms with Gasteiger partial charge in [0, 0.05) is 6.42 Å². The Labute approximate surface area is 193 Å². The second-order valence-electron chi connectivity index (χ2n) is 13.0. The molecule has 0 radical (unpaired) electrons. The molecular formula is C28H45F3O. The van der Waals surface area contributed by atoms with E-state index < -0.39 is 11.8 Å². The Morgan fingerprint density at radius 3 is 2.38 bits per heavy atom. The SMILES string of the molecule is CC(C)CCC[C@@H](C)C1CCC2C3CC=C4CC(O)(C(F)(F)F)CCC4(C)C3CCC21C. The Morgan fingerprint density at radius 2 is 1.72 bits per heavy atom. The van der Waals surface area contributed by atoms with E-state index in [0.717, 1.165) is 36.2 Å². The van der Waals surface area contributed by atoms with Crippen molar-refractivity contribution in [1.29, 1.82) is 0 Å². The van der Waals surface area contributed by atoms with Crippen molar-refractivity contribution in [2.45, 2.75) is 117 Å². The molecule has 8 atom stereocenters. The molecule has 32 heavy (non-hydrogen) atoms. The predicted octanol–water partition coefficient (Wildman–Crippen LogP) is 8.32. The molecule has 7 unspecified atom stereocenters. The lowest BCUT2D eigenvalue weighted by molar-refractivity contribution is -0.271. The smallest absolute Gasteiger partial charge is 0.380 e. The van der Waals surface area contributed by atoms with Gasteiger partial charge in [0.2, 0.25) is 0 Å². The first kappa shape index (κ1) is 24.6. The molecule has 3 saturated carbocycles. The summed E-state index contributed by atoms with van der Waals surface area (Å²) in [6.07, 6.45) is 7.57. The van der Waals surface area contributed by atoms with Crippen LogP contribution in [0.4, 0.5) is 13.2 Å². The summed E-state index contributed by atoms with van der Waals surface area (Å²) in [4.78, 5) is 0. The molecule has 0 aromatic heterocycles. The number of aliphatic hydroxyl groups is 1. The van der Waals surface area contributed by atoms with E-state index in [4.69, 9.17) is 0 Å². The standard InChI is InChI=1S/C28H45F3O/c1-18(2)7-6-8-19(3)22-11-12-23-21-10-9-20-17-27(32,28(29,30)31)16-15-25(20,4)24(21)13-14-26(22,23)5/h9,18-19,21-24,32H,6-8,10-17H2,1-5H3/t19-,21?,22?,23?,24?,25?,26?,27?/m1/s1. The van der Waals surface area contributed by atoms with E-state index in [0.29, 0.717) is 29.6 Å². The van der Waals surface area contributed by atoms with Gasteiger partial charge in [0.15, 0.2) is 5.60 Å². The van der Waals surface area contributed by atoms with Gasteiger partial charge in [-0.25, -0.2) is 0 Å². The first-order valence-corrected chi connectivity index (χ1v) is 13.3. The van der Waals surface area contributed by atoms with Crippen molar-refractivity contribution >= 4 is 0 Å². The van der Waals surface area contributed by atoms with Crippen LogP contribution in [-0.4, -0.2) is 16.9 Å². The first-order valence-electron chi connectivity index (χ1n) is 13.3. The van der Waals surface area contributed by atoms with Crippen LogP contribution in [0, 0.1) is 46.3 Å². The summed E-state index contributed by atoms with van der Waals surface area (Å²) in [5.41, 5.74) is -1.41. The highest BCUT2D eigenvalue weighted by Crippen LogP contribution is 2.68. The fourth-order valence-corrected chi connectivity index (χ4v) is 8.91. The van der Waals surface area contributed by atoms with Gasteiger partial charge in [0.1, 0.15) is 0 Å². The van der Waals surface area contributed by atoms with Crippen LogP contribution >= 0.6 is 0 Å². The molecule has 1 nitrogen and oxygen atoms in total. The van der Waals surface area contributed by atoms with Crippen molar-refractivity contribution < 1.29 is 18.3 Å². The number of fused-ring (bicyclic) bond motifs is 5. The average molecular weight is 455 g/mol. The summed E-state index contributed by atoms with van der Waals surface area (Å²) in [5.74, 6) is 4.12. The summed E-state index contributed by atoms with van der Waals surface area (Å²) in [5, 5.41) is 10.4. The Bertz CT molecular complexity index is 727. The molecule has 0 heterocycles. The number of rotatable bonds is 5. The summed E-state index contributed by atoms with van der Waals surface area (Å²) in [6.45, 7) is 11.9. The van der Waals surface area contributed by atoms with Gasteiger partial charge in [0.05, 0.1) is 0 Å². The van der Waals surface area contributed by atoms with Crippen molar-refractivity contribution in [3.63, 3.8) is 0 Å². The number of hydrogen-bond acceptors (Lipinski definition) is 1. The Kier molecular flexibility index (Phi) is 6.39. The third kappa shape index (κ3) is 3.89. The highest BCUT2D eigenvalue weighted by Gasteiger charge is 2.63. The first-order chi connectivity index (χ1) is 14.8. The molecular weight excluding hydrogens is 409 g/mol. The fourth-order valence-electron chi connectivity index (χ4n) is 8.91. The lowest BCUT2D eigenvalue weighted by Gasteiger charge is -2.59. The van der Waals surface area contributed by atoms with E-state index in [1.54, 1.807) is 0 Å². The summed E-state index contributed by atoms with van der Waals surface area (Å²) in [6, 6.07) is 0. The van der Waals surface area contributed by atoms with Crippen molar-refractivity contribution in [1.82, 2.24) is 0 Å². The van der Waals surface area contributed by atoms with Crippen LogP contribution in [0.3, 0.4) is 0 Å². The maximum Gasteiger partial charge on any atom is 0.417 e. The molecule has 3 fully saturated rings. The van der Waals surface area contributed by atoms with Crippen molar-refractivity contribution in [3.8, 4) is 0 Å². The number of alkyl halides is 3. The molecule has 0 bridgehead atoms. The summed E-state index contributed by atoms with van der Waals surface area (Å²) < 4.78 is 40.6. The topological polar surface area (TPSA) is 20.2 Å². The Hall–Kier alpha value is -0.510. The molecule has 184 valence electrons. The molecule has 4 aliphatic carbocycles. The van der Waals surface area contributed by atoms with Gasteiger partial charge in [-0.3, -0.25) is 0 Å². The maximum atomic E-state index is 13.5. The maximum absolute atomic E-state index is 13.5. The van der Waals surface area contributed by atoms with Gasteiger partial charge in [-0.15, -0.1) is 0 Å². The zero-order valence-electron chi connectivity index (χ0n) is 20.9. The lowest BCUT2D eigenvalue weighted by atomic mass is 9.46. The van der Waals surface area contributed by atoms with Gasteiger partial charge in [0.25, 0.3) is 0 Å². The Morgan fingerprint density at radius 1 is 1.00 bits per heavy atom. The van der Waals surface area contributed by atoms with E-state index >= 15 is 0 Å². The molecule has 0 aliphatic heterocycles. The van der Waals surface area contributed by atoms with E-state index in [2.05, 4.69) is 40.7 Å². The number of allylic oxidation sites excluding steroid dienone is 1. The van der Waals surface area contributed by atoms with Gasteiger partial charge in [-0.05, 0) is 91.3 Å². The summed E-state index contributed by atoms with van der Waals surface area (Å²) >= 11 is 0. The number of hydrogen-bond donors (Lipinski definition) is 1. The van der Waals surface area contributed by atoms with Gasteiger partial charge >= 0.3 is 6.18 Å². The number of halogens is 3. The van der Waals surface area contributed by atoms with E-state index in [1.165, 1.54) is 38.5 Å². The van der Waals surface area contributed by atoms with Crippen molar-refractivity contribution in [2.24, 2.45) is 46.3 Å². The van der Waals surface area contributed by atoms with Crippen molar-refractivity contribution in [2.75, 3.05) is 0 Å². The second-order valence-corrected chi connectivity index (χ2v) is 13.0. The zero-order chi connectivity index (χ0) is 23.5. The fraction of sp³-hybridized carbons (Fsp3) is 0.929. The molecule has 0 spiro atoms. The lowest BCUT2D eigenvalue weighted by Crippen LogP contribution is -2.55. The molecule has 1 N–H and O–H groups in total. The monoisotopic (exact) mass is 454 g/mol. The predicted molar refractivity (Wildman–Crippen MR) is 124 cm³/mol. The normalized spacial score (nSPS) is 45.1. The van der Waals surface area contributed by atoms with Gasteiger partial charge < -0.3 is 5.11 Å². The van der Waals surface area contributed by atoms with Crippen LogP contribution in [0.5, 0.6) is 0 Å². The third-order valence-electron chi connectivity index (χ3n) is 10.9. The minimum Gasteiger partial charge on any atom is -0.380 e. The average Bonchev–Trinajstić information content (AvgIpc) is 3.04. The van der Waals surface area contributed by atoms with Crippen LogP contribution < -0.4 is 0 Å². The third-order valence-corrected chi connectivity index (χ3v) is 10.9. The molecule has 0 aromatic carbocycles. The second kappa shape index (κ2) is 8.31. The largest absolute Gasteiger partial charge is 0.417 e. The summed E-state index contributed by atoms with van der Waals surface area (Å²) in [7, 11) is 0. The van der Waals surface area contributed by atoms with Crippen LogP contribution in [0.25, 0.3) is 0 Å². The highest BCUT2D eigenvalue weighted by molar-refractivity contribution is 5.28. The molecule has 4 rings (SSSR count). The molecule has 4 aliphatic rings. The van der Waals surface area contributed by atoms with E-state index in [-0.39, 0.29) is 18.3 Å². The zero-order valence-corrected chi connectivity index (χ0v) is 20.9. The van der Waals surface area contributed by atoms with E-state index in [9.17, 15) is 18.3 Å². The quantitative estimate of drug-likeness (QED) is 0.414. The Balaban J connectivity index is 1.51.